The molecule has 142 valence electrons. The zero-order chi connectivity index (χ0) is 18.8. The minimum atomic E-state index is 0.196. The molecule has 3 heterocycles. The fourth-order valence-electron chi connectivity index (χ4n) is 3.67. The number of ether oxygens (including phenoxy) is 1. The summed E-state index contributed by atoms with van der Waals surface area (Å²) in [7, 11) is 0. The number of pyridine rings is 1. The van der Waals surface area contributed by atoms with Crippen LogP contribution in [0.3, 0.4) is 0 Å². The lowest BCUT2D eigenvalue weighted by Gasteiger charge is -2.44. The van der Waals surface area contributed by atoms with Crippen molar-refractivity contribution in [2.45, 2.75) is 44.8 Å². The number of rotatable bonds is 5. The van der Waals surface area contributed by atoms with Gasteiger partial charge in [-0.3, -0.25) is 4.90 Å². The molecule has 2 aromatic heterocycles. The van der Waals surface area contributed by atoms with Crippen LogP contribution < -0.4 is 10.6 Å². The highest BCUT2D eigenvalue weighted by molar-refractivity contribution is 5.89. The highest BCUT2D eigenvalue weighted by atomic mass is 16.5. The molecule has 0 radical (unpaired) electrons. The SMILES string of the molecule is CC(C)Nc1nc(C#N)cc2cnc(N[C@H]3C[C@H](N4CCOCC4)C3)nc12. The van der Waals surface area contributed by atoms with Crippen molar-refractivity contribution in [3.8, 4) is 6.07 Å². The summed E-state index contributed by atoms with van der Waals surface area (Å²) in [5.41, 5.74) is 1.10. The Kier molecular flexibility index (Phi) is 5.05. The Balaban J connectivity index is 1.47. The van der Waals surface area contributed by atoms with Gasteiger partial charge < -0.3 is 15.4 Å². The van der Waals surface area contributed by atoms with E-state index in [9.17, 15) is 5.26 Å². The number of anilines is 2. The van der Waals surface area contributed by atoms with Gasteiger partial charge in [-0.1, -0.05) is 0 Å². The summed E-state index contributed by atoms with van der Waals surface area (Å²) >= 11 is 0. The summed E-state index contributed by atoms with van der Waals surface area (Å²) in [5, 5.41) is 16.7. The van der Waals surface area contributed by atoms with Gasteiger partial charge in [-0.25, -0.2) is 15.0 Å². The van der Waals surface area contributed by atoms with Gasteiger partial charge in [-0.05, 0) is 32.8 Å². The number of hydrogen-bond acceptors (Lipinski definition) is 8. The predicted molar refractivity (Wildman–Crippen MR) is 104 cm³/mol. The van der Waals surface area contributed by atoms with Crippen molar-refractivity contribution < 1.29 is 4.74 Å². The maximum absolute atomic E-state index is 9.20. The molecule has 1 saturated carbocycles. The van der Waals surface area contributed by atoms with Crippen LogP contribution in [0.15, 0.2) is 12.3 Å². The van der Waals surface area contributed by atoms with E-state index in [1.165, 1.54) is 0 Å². The fourth-order valence-corrected chi connectivity index (χ4v) is 3.67. The molecule has 1 saturated heterocycles. The number of fused-ring (bicyclic) bond motifs is 1. The lowest BCUT2D eigenvalue weighted by molar-refractivity contribution is -0.00442. The van der Waals surface area contributed by atoms with E-state index >= 15 is 0 Å². The van der Waals surface area contributed by atoms with Crippen LogP contribution >= 0.6 is 0 Å². The van der Waals surface area contributed by atoms with E-state index in [0.29, 0.717) is 29.5 Å². The van der Waals surface area contributed by atoms with Gasteiger partial charge in [0.15, 0.2) is 5.82 Å². The number of hydrogen-bond donors (Lipinski definition) is 2. The van der Waals surface area contributed by atoms with E-state index < -0.39 is 0 Å². The summed E-state index contributed by atoms with van der Waals surface area (Å²) < 4.78 is 5.43. The molecule has 27 heavy (non-hydrogen) atoms. The highest BCUT2D eigenvalue weighted by Gasteiger charge is 2.34. The monoisotopic (exact) mass is 367 g/mol. The molecule has 2 aromatic rings. The van der Waals surface area contributed by atoms with Gasteiger partial charge in [0.05, 0.1) is 13.2 Å². The second-order valence-corrected chi connectivity index (χ2v) is 7.51. The standard InChI is InChI=1S/C19H25N7O/c1-12(2)22-18-17-13(7-15(10-20)23-18)11-21-19(25-17)24-14-8-16(9-14)26-3-5-27-6-4-26/h7,11-12,14,16H,3-6,8-9H2,1-2H3,(H,22,23)(H,21,24,25)/t14-,16-. The van der Waals surface area contributed by atoms with Gasteiger partial charge in [-0.2, -0.15) is 5.26 Å². The van der Waals surface area contributed by atoms with Crippen LogP contribution in [0.5, 0.6) is 0 Å². The number of morpholine rings is 1. The Hall–Kier alpha value is -2.50. The molecule has 0 bridgehead atoms. The molecule has 8 heteroatoms. The van der Waals surface area contributed by atoms with Crippen molar-refractivity contribution in [1.82, 2.24) is 19.9 Å². The lowest BCUT2D eigenvalue weighted by atomic mass is 9.85. The molecular weight excluding hydrogens is 342 g/mol. The Labute approximate surface area is 159 Å². The molecule has 0 spiro atoms. The summed E-state index contributed by atoms with van der Waals surface area (Å²) in [6, 6.07) is 5.04. The third kappa shape index (κ3) is 3.94. The minimum absolute atomic E-state index is 0.196. The van der Waals surface area contributed by atoms with E-state index in [-0.39, 0.29) is 6.04 Å². The highest BCUT2D eigenvalue weighted by Crippen LogP contribution is 2.29. The average Bonchev–Trinajstić information content (AvgIpc) is 2.64. The molecule has 0 unspecified atom stereocenters. The molecule has 1 aliphatic heterocycles. The Morgan fingerprint density at radius 3 is 2.74 bits per heavy atom. The maximum Gasteiger partial charge on any atom is 0.223 e. The Morgan fingerprint density at radius 2 is 2.04 bits per heavy atom. The normalized spacial score (nSPS) is 23.0. The molecule has 8 nitrogen and oxygen atoms in total. The molecule has 0 amide bonds. The van der Waals surface area contributed by atoms with Crippen LogP contribution in [0.2, 0.25) is 0 Å². The quantitative estimate of drug-likeness (QED) is 0.828. The first kappa shape index (κ1) is 17.9. The van der Waals surface area contributed by atoms with E-state index in [0.717, 1.165) is 50.0 Å². The van der Waals surface area contributed by atoms with Crippen LogP contribution in [0.1, 0.15) is 32.4 Å². The zero-order valence-corrected chi connectivity index (χ0v) is 15.8. The van der Waals surface area contributed by atoms with Crippen molar-refractivity contribution in [3.05, 3.63) is 18.0 Å². The summed E-state index contributed by atoms with van der Waals surface area (Å²) in [6.07, 6.45) is 3.96. The summed E-state index contributed by atoms with van der Waals surface area (Å²) in [5.74, 6) is 1.25. The van der Waals surface area contributed by atoms with Crippen LogP contribution in [-0.2, 0) is 4.74 Å². The second-order valence-electron chi connectivity index (χ2n) is 7.51. The van der Waals surface area contributed by atoms with E-state index in [2.05, 4.69) is 36.6 Å². The summed E-state index contributed by atoms with van der Waals surface area (Å²) in [6.45, 7) is 7.81. The number of nitrogens with zero attached hydrogens (tertiary/aromatic N) is 5. The first-order valence-electron chi connectivity index (χ1n) is 9.55. The number of nitriles is 1. The average molecular weight is 367 g/mol. The Bertz CT molecular complexity index is 851. The lowest BCUT2D eigenvalue weighted by Crippen LogP contribution is -2.53. The smallest absolute Gasteiger partial charge is 0.223 e. The fraction of sp³-hybridized carbons (Fsp3) is 0.579. The van der Waals surface area contributed by atoms with Gasteiger partial charge in [-0.15, -0.1) is 0 Å². The third-order valence-electron chi connectivity index (χ3n) is 5.11. The van der Waals surface area contributed by atoms with E-state index in [4.69, 9.17) is 4.74 Å². The van der Waals surface area contributed by atoms with Gasteiger partial charge in [0.2, 0.25) is 5.95 Å². The molecule has 2 N–H and O–H groups in total. The van der Waals surface area contributed by atoms with Crippen LogP contribution in [-0.4, -0.2) is 64.3 Å². The van der Waals surface area contributed by atoms with Gasteiger partial charge in [0, 0.05) is 42.8 Å². The number of aromatic nitrogens is 3. The molecule has 1 aliphatic carbocycles. The second kappa shape index (κ2) is 7.62. The molecule has 0 aromatic carbocycles. The predicted octanol–water partition coefficient (Wildman–Crippen LogP) is 1.99. The van der Waals surface area contributed by atoms with Gasteiger partial charge >= 0.3 is 0 Å². The van der Waals surface area contributed by atoms with Gasteiger partial charge in [0.25, 0.3) is 0 Å². The molecular formula is C19H25N7O. The Morgan fingerprint density at radius 1 is 1.26 bits per heavy atom. The zero-order valence-electron chi connectivity index (χ0n) is 15.8. The molecule has 0 atom stereocenters. The molecule has 4 rings (SSSR count). The van der Waals surface area contributed by atoms with Crippen LogP contribution in [0.4, 0.5) is 11.8 Å². The van der Waals surface area contributed by atoms with Crippen molar-refractivity contribution in [2.24, 2.45) is 0 Å². The largest absolute Gasteiger partial charge is 0.379 e. The van der Waals surface area contributed by atoms with Crippen LogP contribution in [0, 0.1) is 11.3 Å². The summed E-state index contributed by atoms with van der Waals surface area (Å²) in [4.78, 5) is 16.0. The molecule has 2 fully saturated rings. The van der Waals surface area contributed by atoms with Crippen molar-refractivity contribution >= 4 is 22.7 Å². The van der Waals surface area contributed by atoms with E-state index in [1.807, 2.05) is 13.8 Å². The number of nitrogens with one attached hydrogen (secondary N) is 2. The maximum atomic E-state index is 9.20. The molecule has 2 aliphatic rings. The first-order chi connectivity index (χ1) is 13.1. The third-order valence-corrected chi connectivity index (χ3v) is 5.11. The topological polar surface area (TPSA) is 99.0 Å². The van der Waals surface area contributed by atoms with Crippen molar-refractivity contribution in [2.75, 3.05) is 36.9 Å². The first-order valence-corrected chi connectivity index (χ1v) is 9.55. The van der Waals surface area contributed by atoms with Gasteiger partial charge in [0.1, 0.15) is 17.3 Å². The van der Waals surface area contributed by atoms with E-state index in [1.54, 1.807) is 12.3 Å². The van der Waals surface area contributed by atoms with Crippen molar-refractivity contribution in [3.63, 3.8) is 0 Å². The van der Waals surface area contributed by atoms with Crippen molar-refractivity contribution in [1.29, 1.82) is 5.26 Å². The van der Waals surface area contributed by atoms with Crippen LogP contribution in [0.25, 0.3) is 10.9 Å². The minimum Gasteiger partial charge on any atom is -0.379 e.